The first-order valence-electron chi connectivity index (χ1n) is 6.72. The van der Waals surface area contributed by atoms with Crippen LogP contribution in [0.25, 0.3) is 0 Å². The van der Waals surface area contributed by atoms with E-state index in [1.165, 1.54) is 19.4 Å². The molecular weight excluding hydrogens is 290 g/mol. The quantitative estimate of drug-likeness (QED) is 0.763. The Kier molecular flexibility index (Phi) is 7.55. The maximum absolute atomic E-state index is 9.55. The van der Waals surface area contributed by atoms with Gasteiger partial charge in [-0.05, 0) is 26.4 Å². The van der Waals surface area contributed by atoms with Gasteiger partial charge in [0, 0.05) is 30.6 Å². The van der Waals surface area contributed by atoms with Crippen molar-refractivity contribution in [1.29, 1.82) is 0 Å². The molecule has 1 aromatic rings. The predicted molar refractivity (Wildman–Crippen MR) is 77.6 cm³/mol. The molecule has 8 nitrogen and oxygen atoms in total. The monoisotopic (exact) mass is 309 g/mol. The number of carboxylic acid groups (broad SMARTS) is 2. The molecule has 2 N–H and O–H groups in total. The van der Waals surface area contributed by atoms with Gasteiger partial charge in [-0.1, -0.05) is 0 Å². The average Bonchev–Trinajstić information content (AvgIpc) is 2.90. The molecule has 8 heteroatoms. The topological polar surface area (TPSA) is 113 Å². The Morgan fingerprint density at radius 1 is 1.36 bits per heavy atom. The number of rotatable bonds is 5. The lowest BCUT2D eigenvalue weighted by molar-refractivity contribution is -0.134. The zero-order chi connectivity index (χ0) is 16.4. The Bertz CT molecular complexity index is 490. The number of aliphatic carboxylic acids is 2. The summed E-state index contributed by atoms with van der Waals surface area (Å²) in [5, 5.41) is 15.6. The van der Waals surface area contributed by atoms with E-state index in [4.69, 9.17) is 14.9 Å². The van der Waals surface area contributed by atoms with E-state index in [1.54, 1.807) is 18.6 Å². The van der Waals surface area contributed by atoms with E-state index in [9.17, 15) is 9.59 Å². The van der Waals surface area contributed by atoms with Crippen LogP contribution in [-0.2, 0) is 9.59 Å². The molecule has 0 unspecified atom stereocenters. The first kappa shape index (κ1) is 17.6. The van der Waals surface area contributed by atoms with Crippen LogP contribution in [0.5, 0.6) is 5.88 Å². The molecule has 0 aliphatic carbocycles. The van der Waals surface area contributed by atoms with Gasteiger partial charge in [-0.25, -0.2) is 14.6 Å². The largest absolute Gasteiger partial charge is 0.478 e. The summed E-state index contributed by atoms with van der Waals surface area (Å²) in [6.07, 6.45) is 8.55. The van der Waals surface area contributed by atoms with Crippen LogP contribution in [0.3, 0.4) is 0 Å². The highest BCUT2D eigenvalue weighted by atomic mass is 16.5. The summed E-state index contributed by atoms with van der Waals surface area (Å²) >= 11 is 0. The molecule has 0 radical (unpaired) electrons. The molecule has 1 saturated heterocycles. The Morgan fingerprint density at radius 3 is 2.50 bits per heavy atom. The molecule has 0 bridgehead atoms. The molecule has 0 spiro atoms. The first-order valence-corrected chi connectivity index (χ1v) is 6.72. The fraction of sp³-hybridized carbons (Fsp3) is 0.429. The van der Waals surface area contributed by atoms with Gasteiger partial charge in [0.15, 0.2) is 0 Å². The first-order chi connectivity index (χ1) is 10.5. The Morgan fingerprint density at radius 2 is 2.05 bits per heavy atom. The molecule has 22 heavy (non-hydrogen) atoms. The number of nitrogens with zero attached hydrogens (tertiary/aromatic N) is 3. The summed E-state index contributed by atoms with van der Waals surface area (Å²) < 4.78 is 5.55. The SMILES string of the molecule is CN1CCC[C@H]1COc1cnccn1.O=C(O)C=CC(=O)O. The number of carbonyl (C=O) groups is 2. The summed E-state index contributed by atoms with van der Waals surface area (Å²) in [4.78, 5) is 29.4. The average molecular weight is 309 g/mol. The van der Waals surface area contributed by atoms with E-state index >= 15 is 0 Å². The molecule has 1 aromatic heterocycles. The van der Waals surface area contributed by atoms with Gasteiger partial charge in [0.1, 0.15) is 6.61 Å². The summed E-state index contributed by atoms with van der Waals surface area (Å²) in [6, 6.07) is 0.539. The summed E-state index contributed by atoms with van der Waals surface area (Å²) in [5.74, 6) is -1.90. The predicted octanol–water partition coefficient (Wildman–Crippen LogP) is 0.661. The molecule has 2 rings (SSSR count). The maximum Gasteiger partial charge on any atom is 0.328 e. The van der Waals surface area contributed by atoms with Gasteiger partial charge in [-0.15, -0.1) is 0 Å². The maximum atomic E-state index is 9.55. The number of aromatic nitrogens is 2. The minimum Gasteiger partial charge on any atom is -0.478 e. The number of hydrogen-bond acceptors (Lipinski definition) is 6. The molecule has 1 aliphatic heterocycles. The van der Waals surface area contributed by atoms with Crippen molar-refractivity contribution >= 4 is 11.9 Å². The third-order valence-electron chi connectivity index (χ3n) is 3.00. The highest BCUT2D eigenvalue weighted by Gasteiger charge is 2.21. The second-order valence-electron chi connectivity index (χ2n) is 4.64. The Hall–Kier alpha value is -2.48. The molecule has 1 aliphatic rings. The van der Waals surface area contributed by atoms with Gasteiger partial charge < -0.3 is 19.8 Å². The second kappa shape index (κ2) is 9.46. The fourth-order valence-corrected chi connectivity index (χ4v) is 1.87. The number of hydrogen-bond donors (Lipinski definition) is 2. The van der Waals surface area contributed by atoms with Crippen LogP contribution in [0.2, 0.25) is 0 Å². The van der Waals surface area contributed by atoms with E-state index in [-0.39, 0.29) is 0 Å². The molecule has 0 amide bonds. The summed E-state index contributed by atoms with van der Waals surface area (Å²) in [7, 11) is 2.14. The van der Waals surface area contributed by atoms with Crippen molar-refractivity contribution in [3.8, 4) is 5.88 Å². The molecule has 2 heterocycles. The van der Waals surface area contributed by atoms with Crippen LogP contribution < -0.4 is 4.74 Å². The Balaban J connectivity index is 0.000000261. The fourth-order valence-electron chi connectivity index (χ4n) is 1.87. The van der Waals surface area contributed by atoms with Crippen molar-refractivity contribution in [3.05, 3.63) is 30.7 Å². The van der Waals surface area contributed by atoms with Crippen molar-refractivity contribution < 1.29 is 24.5 Å². The van der Waals surface area contributed by atoms with Gasteiger partial charge in [-0.3, -0.25) is 4.98 Å². The molecule has 0 aromatic carbocycles. The van der Waals surface area contributed by atoms with Crippen LogP contribution in [0.4, 0.5) is 0 Å². The van der Waals surface area contributed by atoms with Gasteiger partial charge in [0.05, 0.1) is 6.20 Å². The van der Waals surface area contributed by atoms with Gasteiger partial charge in [0.25, 0.3) is 0 Å². The van der Waals surface area contributed by atoms with Crippen molar-refractivity contribution in [2.45, 2.75) is 18.9 Å². The standard InChI is InChI=1S/C10H15N3O.C4H4O4/c1-13-6-2-3-9(13)8-14-10-7-11-4-5-12-10;5-3(6)1-2-4(7)8/h4-5,7,9H,2-3,6,8H2,1H3;1-2H,(H,5,6)(H,7,8)/t9-;/m0./s1. The van der Waals surface area contributed by atoms with Gasteiger partial charge in [0.2, 0.25) is 5.88 Å². The number of likely N-dealkylation sites (N-methyl/N-ethyl adjacent to an activating group) is 1. The zero-order valence-corrected chi connectivity index (χ0v) is 12.3. The molecule has 120 valence electrons. The van der Waals surface area contributed by atoms with Gasteiger partial charge in [-0.2, -0.15) is 0 Å². The number of ether oxygens (including phenoxy) is 1. The smallest absolute Gasteiger partial charge is 0.328 e. The number of carboxylic acids is 2. The lowest BCUT2D eigenvalue weighted by Gasteiger charge is -2.18. The lowest BCUT2D eigenvalue weighted by atomic mass is 10.2. The minimum absolute atomic E-state index is 0.539. The highest BCUT2D eigenvalue weighted by molar-refractivity contribution is 5.89. The van der Waals surface area contributed by atoms with Crippen LogP contribution in [0.15, 0.2) is 30.7 Å². The van der Waals surface area contributed by atoms with Crippen molar-refractivity contribution in [2.24, 2.45) is 0 Å². The summed E-state index contributed by atoms with van der Waals surface area (Å²) in [6.45, 7) is 1.89. The molecule has 1 fully saturated rings. The van der Waals surface area contributed by atoms with E-state index in [0.29, 0.717) is 24.1 Å². The van der Waals surface area contributed by atoms with Crippen LogP contribution in [-0.4, -0.2) is 63.3 Å². The van der Waals surface area contributed by atoms with Crippen molar-refractivity contribution in [2.75, 3.05) is 20.2 Å². The molecule has 1 atom stereocenters. The van der Waals surface area contributed by atoms with Gasteiger partial charge >= 0.3 is 11.9 Å². The van der Waals surface area contributed by atoms with E-state index < -0.39 is 11.9 Å². The third-order valence-corrected chi connectivity index (χ3v) is 3.00. The zero-order valence-electron chi connectivity index (χ0n) is 12.3. The second-order valence-corrected chi connectivity index (χ2v) is 4.64. The minimum atomic E-state index is -1.26. The summed E-state index contributed by atoms with van der Waals surface area (Å²) in [5.41, 5.74) is 0. The lowest BCUT2D eigenvalue weighted by Crippen LogP contribution is -2.30. The van der Waals surface area contributed by atoms with E-state index in [1.807, 2.05) is 0 Å². The normalized spacial score (nSPS) is 17.8. The van der Waals surface area contributed by atoms with Crippen LogP contribution in [0.1, 0.15) is 12.8 Å². The molecular formula is C14H19N3O5. The molecule has 0 saturated carbocycles. The highest BCUT2D eigenvalue weighted by Crippen LogP contribution is 2.15. The Labute approximate surface area is 128 Å². The van der Waals surface area contributed by atoms with E-state index in [2.05, 4.69) is 21.9 Å². The van der Waals surface area contributed by atoms with Crippen molar-refractivity contribution in [1.82, 2.24) is 14.9 Å². The van der Waals surface area contributed by atoms with Crippen molar-refractivity contribution in [3.63, 3.8) is 0 Å². The van der Waals surface area contributed by atoms with Crippen LogP contribution in [0, 0.1) is 0 Å². The van der Waals surface area contributed by atoms with Crippen LogP contribution >= 0.6 is 0 Å². The van der Waals surface area contributed by atoms with E-state index in [0.717, 1.165) is 6.61 Å². The number of likely N-dealkylation sites (tertiary alicyclic amines) is 1. The third kappa shape index (κ3) is 7.34.